The summed E-state index contributed by atoms with van der Waals surface area (Å²) >= 11 is 0. The Morgan fingerprint density at radius 3 is 1.10 bits per heavy atom. The molecule has 0 aromatic rings. The van der Waals surface area contributed by atoms with Crippen molar-refractivity contribution in [1.29, 1.82) is 0 Å². The number of hydrogen-bond acceptors (Lipinski definition) is 10. The van der Waals surface area contributed by atoms with Crippen molar-refractivity contribution in [2.24, 2.45) is 0 Å². The number of rotatable bonds is 68. The van der Waals surface area contributed by atoms with E-state index in [1.54, 1.807) is 6.08 Å². The molecule has 6 N–H and O–H groups in total. The van der Waals surface area contributed by atoms with Gasteiger partial charge in [-0.2, -0.15) is 0 Å². The molecule has 0 radical (unpaired) electrons. The second kappa shape index (κ2) is 65.6. The number of aliphatic hydroxyl groups is 5. The van der Waals surface area contributed by atoms with Gasteiger partial charge in [0.1, 0.15) is 24.4 Å². The number of amides is 1. The highest BCUT2D eigenvalue weighted by molar-refractivity contribution is 5.76. The molecule has 0 aromatic heterocycles. The van der Waals surface area contributed by atoms with Crippen molar-refractivity contribution in [3.63, 3.8) is 0 Å². The Morgan fingerprint density at radius 1 is 0.414 bits per heavy atom. The van der Waals surface area contributed by atoms with E-state index in [0.717, 1.165) is 51.4 Å². The summed E-state index contributed by atoms with van der Waals surface area (Å²) in [4.78, 5) is 25.1. The fraction of sp³-hybridized carbons (Fsp3) is 0.921. The summed E-state index contributed by atoms with van der Waals surface area (Å²) in [5.41, 5.74) is 0. The summed E-state index contributed by atoms with van der Waals surface area (Å²) in [5, 5.41) is 54.4. The van der Waals surface area contributed by atoms with E-state index in [1.165, 1.54) is 308 Å². The van der Waals surface area contributed by atoms with Crippen LogP contribution in [0.2, 0.25) is 0 Å². The summed E-state index contributed by atoms with van der Waals surface area (Å²) in [7, 11) is 0. The van der Waals surface area contributed by atoms with E-state index in [0.29, 0.717) is 19.4 Å². The molecule has 1 rings (SSSR count). The molecule has 0 bridgehead atoms. The maximum absolute atomic E-state index is 13.0. The van der Waals surface area contributed by atoms with Crippen LogP contribution in [-0.2, 0) is 23.8 Å². The highest BCUT2D eigenvalue weighted by Crippen LogP contribution is 2.24. The predicted molar refractivity (Wildman–Crippen MR) is 366 cm³/mol. The molecule has 1 aliphatic rings. The lowest BCUT2D eigenvalue weighted by Gasteiger charge is -2.40. The lowest BCUT2D eigenvalue weighted by atomic mass is 9.99. The van der Waals surface area contributed by atoms with Crippen molar-refractivity contribution in [2.45, 2.75) is 429 Å². The SMILES string of the molecule is CCCCCCCCCC/C=C/C(O)C(COC1OC(CO)C(O)C(O)C1O)NC(=O)CCCCCCCCCCCCCCCCCCC/C=C\CCCCCCCCCCCCCCCCCCOC(=O)CCCCCCCCCCCCCC. The van der Waals surface area contributed by atoms with Crippen LogP contribution in [0, 0.1) is 0 Å². The highest BCUT2D eigenvalue weighted by atomic mass is 16.7. The third kappa shape index (κ3) is 54.4. The standard InChI is InChI=1S/C76H145NO10/c1-3-5-7-9-11-13-15-44-48-52-56-60-64-72(81)85-65-61-57-53-49-45-42-40-38-36-34-32-30-28-26-24-22-20-18-16-17-19-21-23-25-27-29-31-33-35-37-39-41-43-47-51-55-59-63-71(80)77-68(67-86-76-75(84)74(83)73(82)70(66-78)87-76)69(79)62-58-54-50-46-14-12-10-8-6-4-2/h16,18,58,62,68-70,73-76,78-79,82-84H,3-15,17,19-57,59-61,63-67H2,1-2H3,(H,77,80)/b18-16-,62-58+. The van der Waals surface area contributed by atoms with Gasteiger partial charge in [0.05, 0.1) is 32.0 Å². The Morgan fingerprint density at radius 2 is 0.736 bits per heavy atom. The molecule has 7 atom stereocenters. The average Bonchev–Trinajstić information content (AvgIpc) is 3.72. The van der Waals surface area contributed by atoms with Gasteiger partial charge >= 0.3 is 5.97 Å². The highest BCUT2D eigenvalue weighted by Gasteiger charge is 2.44. The Labute approximate surface area is 537 Å². The van der Waals surface area contributed by atoms with Gasteiger partial charge < -0.3 is 45.1 Å². The number of hydrogen-bond donors (Lipinski definition) is 6. The summed E-state index contributed by atoms with van der Waals surface area (Å²) in [6, 6.07) is -0.805. The first-order valence-electron chi connectivity index (χ1n) is 38.1. The van der Waals surface area contributed by atoms with Gasteiger partial charge in [-0.3, -0.25) is 9.59 Å². The van der Waals surface area contributed by atoms with Crippen LogP contribution in [0.1, 0.15) is 386 Å². The minimum absolute atomic E-state index is 0.0166. The lowest BCUT2D eigenvalue weighted by Crippen LogP contribution is -2.60. The summed E-state index contributed by atoms with van der Waals surface area (Å²) in [5.74, 6) is -0.160. The van der Waals surface area contributed by atoms with Gasteiger partial charge in [0.2, 0.25) is 5.91 Å². The van der Waals surface area contributed by atoms with Crippen molar-refractivity contribution >= 4 is 11.9 Å². The van der Waals surface area contributed by atoms with Gasteiger partial charge in [-0.25, -0.2) is 0 Å². The molecule has 0 spiro atoms. The maximum Gasteiger partial charge on any atom is 0.305 e. The van der Waals surface area contributed by atoms with Gasteiger partial charge in [0.25, 0.3) is 0 Å². The van der Waals surface area contributed by atoms with E-state index < -0.39 is 49.5 Å². The largest absolute Gasteiger partial charge is 0.466 e. The topological polar surface area (TPSA) is 175 Å². The number of esters is 1. The number of carbonyl (C=O) groups excluding carboxylic acids is 2. The molecule has 1 fully saturated rings. The van der Waals surface area contributed by atoms with E-state index >= 15 is 0 Å². The normalized spacial score (nSPS) is 17.9. The van der Waals surface area contributed by atoms with Gasteiger partial charge in [0.15, 0.2) is 6.29 Å². The molecule has 0 aliphatic carbocycles. The minimum atomic E-state index is -1.57. The number of carbonyl (C=O) groups is 2. The Balaban J connectivity index is 1.88. The Kier molecular flexibility index (Phi) is 62.7. The zero-order chi connectivity index (χ0) is 63.0. The molecule has 11 nitrogen and oxygen atoms in total. The number of allylic oxidation sites excluding steroid dienone is 3. The monoisotopic (exact) mass is 1230 g/mol. The molecule has 1 heterocycles. The van der Waals surface area contributed by atoms with E-state index in [-0.39, 0.29) is 18.5 Å². The summed E-state index contributed by atoms with van der Waals surface area (Å²) in [6.07, 6.45) is 73.6. The molecule has 11 heteroatoms. The van der Waals surface area contributed by atoms with Gasteiger partial charge in [-0.1, -0.05) is 340 Å². The number of ether oxygens (including phenoxy) is 3. The number of nitrogens with one attached hydrogen (secondary N) is 1. The Bertz CT molecular complexity index is 1490. The molecule has 7 unspecified atom stereocenters. The van der Waals surface area contributed by atoms with E-state index in [2.05, 4.69) is 31.3 Å². The molecule has 1 saturated heterocycles. The molecule has 0 saturated carbocycles. The molecule has 87 heavy (non-hydrogen) atoms. The molecule has 1 aliphatic heterocycles. The Hall–Kier alpha value is -1.86. The summed E-state index contributed by atoms with van der Waals surface area (Å²) in [6.45, 7) is 4.37. The maximum atomic E-state index is 13.0. The average molecular weight is 1230 g/mol. The molecule has 514 valence electrons. The smallest absolute Gasteiger partial charge is 0.305 e. The zero-order valence-corrected chi connectivity index (χ0v) is 57.3. The molecular weight excluding hydrogens is 1090 g/mol. The van der Waals surface area contributed by atoms with Crippen LogP contribution >= 0.6 is 0 Å². The molecular formula is C76H145NO10. The lowest BCUT2D eigenvalue weighted by molar-refractivity contribution is -0.302. The third-order valence-corrected chi connectivity index (χ3v) is 18.3. The van der Waals surface area contributed by atoms with Crippen molar-refractivity contribution in [2.75, 3.05) is 19.8 Å². The second-order valence-corrected chi connectivity index (χ2v) is 26.7. The van der Waals surface area contributed by atoms with Crippen LogP contribution in [0.25, 0.3) is 0 Å². The first kappa shape index (κ1) is 83.2. The quantitative estimate of drug-likeness (QED) is 0.0195. The van der Waals surface area contributed by atoms with E-state index in [1.807, 2.05) is 6.08 Å². The van der Waals surface area contributed by atoms with Gasteiger partial charge in [0, 0.05) is 12.8 Å². The van der Waals surface area contributed by atoms with Crippen LogP contribution < -0.4 is 5.32 Å². The second-order valence-electron chi connectivity index (χ2n) is 26.7. The first-order valence-corrected chi connectivity index (χ1v) is 38.1. The van der Waals surface area contributed by atoms with Crippen LogP contribution in [0.3, 0.4) is 0 Å². The third-order valence-electron chi connectivity index (χ3n) is 18.3. The van der Waals surface area contributed by atoms with Crippen LogP contribution in [0.4, 0.5) is 0 Å². The predicted octanol–water partition coefficient (Wildman–Crippen LogP) is 20.0. The van der Waals surface area contributed by atoms with Crippen molar-refractivity contribution < 1.29 is 49.3 Å². The van der Waals surface area contributed by atoms with Gasteiger partial charge in [-0.15, -0.1) is 0 Å². The summed E-state index contributed by atoms with van der Waals surface area (Å²) < 4.78 is 16.7. The van der Waals surface area contributed by atoms with E-state index in [9.17, 15) is 35.1 Å². The van der Waals surface area contributed by atoms with Crippen LogP contribution in [0.15, 0.2) is 24.3 Å². The zero-order valence-electron chi connectivity index (χ0n) is 57.3. The number of unbranched alkanes of at least 4 members (excludes halogenated alkanes) is 52. The number of aliphatic hydroxyl groups excluding tert-OH is 5. The van der Waals surface area contributed by atoms with Crippen LogP contribution in [0.5, 0.6) is 0 Å². The van der Waals surface area contributed by atoms with Crippen molar-refractivity contribution in [3.8, 4) is 0 Å². The first-order chi connectivity index (χ1) is 42.7. The molecule has 1 amide bonds. The molecule has 0 aromatic carbocycles. The van der Waals surface area contributed by atoms with Crippen molar-refractivity contribution in [1.82, 2.24) is 5.32 Å². The fourth-order valence-corrected chi connectivity index (χ4v) is 12.3. The van der Waals surface area contributed by atoms with Gasteiger partial charge in [-0.05, 0) is 57.8 Å². The van der Waals surface area contributed by atoms with E-state index in [4.69, 9.17) is 14.2 Å². The fourth-order valence-electron chi connectivity index (χ4n) is 12.3. The van der Waals surface area contributed by atoms with Crippen LogP contribution in [-0.4, -0.2) is 100 Å². The minimum Gasteiger partial charge on any atom is -0.466 e. The van der Waals surface area contributed by atoms with Crippen molar-refractivity contribution in [3.05, 3.63) is 24.3 Å².